The number of carbonyl (C=O) groups excluding carboxylic acids is 2. The standard InChI is InChI=1S/C33H57NO11/c1-3-5-7-8-32(35)44-28-26-42-24-22-40-20-18-38-16-14-37-15-17-39-19-21-41-23-25-43-27-29-45-33(36)30-9-11-31(12-10-30)34-13-6-4-2/h9-12,34H,3-8,13-29H2,1-2H3. The van der Waals surface area contributed by atoms with Crippen LogP contribution in [0.25, 0.3) is 0 Å². The van der Waals surface area contributed by atoms with E-state index in [1.54, 1.807) is 12.1 Å². The minimum absolute atomic E-state index is 0.163. The van der Waals surface area contributed by atoms with E-state index in [-0.39, 0.29) is 25.2 Å². The van der Waals surface area contributed by atoms with Gasteiger partial charge in [-0.2, -0.15) is 0 Å². The van der Waals surface area contributed by atoms with Crippen molar-refractivity contribution >= 4 is 17.6 Å². The second kappa shape index (κ2) is 31.7. The summed E-state index contributed by atoms with van der Waals surface area (Å²) in [5.41, 5.74) is 1.51. The number of carbonyl (C=O) groups is 2. The average molecular weight is 644 g/mol. The molecule has 1 rings (SSSR count). The van der Waals surface area contributed by atoms with Crippen LogP contribution in [0.3, 0.4) is 0 Å². The van der Waals surface area contributed by atoms with Gasteiger partial charge >= 0.3 is 11.9 Å². The van der Waals surface area contributed by atoms with Gasteiger partial charge in [-0.25, -0.2) is 4.79 Å². The first-order valence-electron chi connectivity index (χ1n) is 16.4. The van der Waals surface area contributed by atoms with E-state index >= 15 is 0 Å². The third-order valence-corrected chi connectivity index (χ3v) is 6.15. The fourth-order valence-corrected chi connectivity index (χ4v) is 3.64. The first-order valence-corrected chi connectivity index (χ1v) is 16.4. The molecular weight excluding hydrogens is 586 g/mol. The van der Waals surface area contributed by atoms with Crippen molar-refractivity contribution in [2.24, 2.45) is 0 Å². The summed E-state index contributed by atoms with van der Waals surface area (Å²) < 4.78 is 48.4. The zero-order valence-electron chi connectivity index (χ0n) is 27.6. The molecule has 0 aromatic heterocycles. The Bertz CT molecular complexity index is 810. The van der Waals surface area contributed by atoms with Crippen LogP contribution >= 0.6 is 0 Å². The number of hydrogen-bond acceptors (Lipinski definition) is 12. The van der Waals surface area contributed by atoms with Gasteiger partial charge in [0.15, 0.2) is 0 Å². The molecule has 0 fully saturated rings. The highest BCUT2D eigenvalue weighted by molar-refractivity contribution is 5.89. The molecule has 1 aromatic rings. The molecular formula is C33H57NO11. The quantitative estimate of drug-likeness (QED) is 0.0866. The molecule has 0 spiro atoms. The zero-order chi connectivity index (χ0) is 32.5. The van der Waals surface area contributed by atoms with E-state index in [1.165, 1.54) is 0 Å². The molecule has 0 bridgehead atoms. The minimum atomic E-state index is -0.363. The van der Waals surface area contributed by atoms with Crippen LogP contribution in [-0.2, 0) is 47.4 Å². The summed E-state index contributed by atoms with van der Waals surface area (Å²) in [4.78, 5) is 23.6. The lowest BCUT2D eigenvalue weighted by atomic mass is 10.2. The second-order valence-electron chi connectivity index (χ2n) is 9.96. The fraction of sp³-hybridized carbons (Fsp3) is 0.758. The molecule has 45 heavy (non-hydrogen) atoms. The van der Waals surface area contributed by atoms with Gasteiger partial charge in [0.1, 0.15) is 13.2 Å². The van der Waals surface area contributed by atoms with E-state index in [1.807, 2.05) is 12.1 Å². The number of benzene rings is 1. The van der Waals surface area contributed by atoms with Crippen molar-refractivity contribution in [3.05, 3.63) is 29.8 Å². The number of nitrogens with one attached hydrogen (secondary N) is 1. The molecule has 0 aliphatic carbocycles. The third kappa shape index (κ3) is 26.6. The molecule has 1 aromatic carbocycles. The van der Waals surface area contributed by atoms with Crippen molar-refractivity contribution in [1.29, 1.82) is 0 Å². The van der Waals surface area contributed by atoms with Crippen LogP contribution in [0.5, 0.6) is 0 Å². The summed E-state index contributed by atoms with van der Waals surface area (Å²) >= 11 is 0. The molecule has 0 saturated heterocycles. The van der Waals surface area contributed by atoms with Gasteiger partial charge in [0.05, 0.1) is 98.1 Å². The number of unbranched alkanes of at least 4 members (excludes halogenated alkanes) is 3. The summed E-state index contributed by atoms with van der Waals surface area (Å²) in [6.07, 6.45) is 5.72. The molecule has 0 aliphatic rings. The van der Waals surface area contributed by atoms with Crippen LogP contribution in [0.2, 0.25) is 0 Å². The van der Waals surface area contributed by atoms with Gasteiger partial charge in [0.25, 0.3) is 0 Å². The highest BCUT2D eigenvalue weighted by atomic mass is 16.6. The zero-order valence-corrected chi connectivity index (χ0v) is 27.6. The molecule has 0 unspecified atom stereocenters. The van der Waals surface area contributed by atoms with E-state index in [4.69, 9.17) is 42.6 Å². The molecule has 1 N–H and O–H groups in total. The van der Waals surface area contributed by atoms with E-state index < -0.39 is 0 Å². The lowest BCUT2D eigenvalue weighted by Crippen LogP contribution is -2.15. The van der Waals surface area contributed by atoms with Gasteiger partial charge in [-0.1, -0.05) is 33.1 Å². The van der Waals surface area contributed by atoms with Crippen molar-refractivity contribution in [3.8, 4) is 0 Å². The smallest absolute Gasteiger partial charge is 0.338 e. The summed E-state index contributed by atoms with van der Waals surface area (Å²) in [6.45, 7) is 11.9. The van der Waals surface area contributed by atoms with Crippen molar-refractivity contribution in [2.75, 3.05) is 118 Å². The lowest BCUT2D eigenvalue weighted by Gasteiger charge is -2.09. The van der Waals surface area contributed by atoms with Gasteiger partial charge in [0.2, 0.25) is 0 Å². The number of ether oxygens (including phenoxy) is 9. The van der Waals surface area contributed by atoms with E-state index in [0.717, 1.165) is 44.3 Å². The highest BCUT2D eigenvalue weighted by Gasteiger charge is 2.07. The van der Waals surface area contributed by atoms with Gasteiger partial charge in [0, 0.05) is 18.7 Å². The first kappa shape index (κ1) is 40.7. The molecule has 0 radical (unpaired) electrons. The fourth-order valence-electron chi connectivity index (χ4n) is 3.64. The Morgan fingerprint density at radius 3 is 1.33 bits per heavy atom. The summed E-state index contributed by atoms with van der Waals surface area (Å²) in [6, 6.07) is 7.28. The van der Waals surface area contributed by atoms with Crippen LogP contribution in [0.1, 0.15) is 62.7 Å². The second-order valence-corrected chi connectivity index (χ2v) is 9.96. The van der Waals surface area contributed by atoms with Gasteiger partial charge in [-0.05, 0) is 37.1 Å². The summed E-state index contributed by atoms with van der Waals surface area (Å²) in [7, 11) is 0. The van der Waals surface area contributed by atoms with Crippen molar-refractivity contribution < 1.29 is 52.2 Å². The monoisotopic (exact) mass is 643 g/mol. The van der Waals surface area contributed by atoms with Crippen molar-refractivity contribution in [1.82, 2.24) is 0 Å². The Balaban J connectivity index is 1.74. The molecule has 0 amide bonds. The maximum Gasteiger partial charge on any atom is 0.338 e. The number of hydrogen-bond donors (Lipinski definition) is 1. The van der Waals surface area contributed by atoms with Crippen molar-refractivity contribution in [3.63, 3.8) is 0 Å². The molecule has 0 atom stereocenters. The molecule has 12 heteroatoms. The molecule has 260 valence electrons. The Morgan fingerprint density at radius 1 is 0.511 bits per heavy atom. The largest absolute Gasteiger partial charge is 0.463 e. The third-order valence-electron chi connectivity index (χ3n) is 6.15. The SMILES string of the molecule is CCCCCC(=O)OCCOCCOCCOCCOCCOCCOCCOCCOC(=O)c1ccc(NCCCC)cc1. The summed E-state index contributed by atoms with van der Waals surface area (Å²) in [5, 5.41) is 3.31. The highest BCUT2D eigenvalue weighted by Crippen LogP contribution is 2.11. The van der Waals surface area contributed by atoms with Crippen LogP contribution < -0.4 is 5.32 Å². The Morgan fingerprint density at radius 2 is 0.911 bits per heavy atom. The number of esters is 2. The maximum absolute atomic E-state index is 12.1. The molecule has 0 saturated carbocycles. The Kier molecular flexibility index (Phi) is 28.6. The van der Waals surface area contributed by atoms with Gasteiger partial charge in [-0.3, -0.25) is 4.79 Å². The van der Waals surface area contributed by atoms with Crippen LogP contribution in [0, 0.1) is 0 Å². The Labute approximate surface area is 269 Å². The number of rotatable bonds is 33. The van der Waals surface area contributed by atoms with Crippen LogP contribution in [-0.4, -0.2) is 124 Å². The molecule has 0 aliphatic heterocycles. The number of anilines is 1. The van der Waals surface area contributed by atoms with Crippen molar-refractivity contribution in [2.45, 2.75) is 52.4 Å². The van der Waals surface area contributed by atoms with Gasteiger partial charge < -0.3 is 47.9 Å². The van der Waals surface area contributed by atoms with E-state index in [9.17, 15) is 9.59 Å². The molecule has 12 nitrogen and oxygen atoms in total. The van der Waals surface area contributed by atoms with E-state index in [2.05, 4.69) is 19.2 Å². The topological polar surface area (TPSA) is 129 Å². The average Bonchev–Trinajstić information content (AvgIpc) is 3.05. The normalized spacial score (nSPS) is 11.1. The molecule has 0 heterocycles. The predicted octanol–water partition coefficient (Wildman–Crippen LogP) is 4.30. The predicted molar refractivity (Wildman–Crippen MR) is 171 cm³/mol. The van der Waals surface area contributed by atoms with Crippen LogP contribution in [0.4, 0.5) is 5.69 Å². The van der Waals surface area contributed by atoms with E-state index in [0.29, 0.717) is 104 Å². The van der Waals surface area contributed by atoms with Crippen LogP contribution in [0.15, 0.2) is 24.3 Å². The lowest BCUT2D eigenvalue weighted by molar-refractivity contribution is -0.145. The minimum Gasteiger partial charge on any atom is -0.463 e. The maximum atomic E-state index is 12.1. The van der Waals surface area contributed by atoms with Gasteiger partial charge in [-0.15, -0.1) is 0 Å². The first-order chi connectivity index (χ1) is 22.2. The Hall–Kier alpha value is -2.32. The summed E-state index contributed by atoms with van der Waals surface area (Å²) in [5.74, 6) is -0.526.